The Bertz CT molecular complexity index is 880. The molecule has 11 heteroatoms. The highest BCUT2D eigenvalue weighted by atomic mass is 35.5. The first kappa shape index (κ1) is 23.8. The van der Waals surface area contributed by atoms with E-state index in [1.54, 1.807) is 17.0 Å². The maximum Gasteiger partial charge on any atom is 0.315 e. The molecule has 2 aliphatic rings. The molecule has 3 unspecified atom stereocenters. The first-order valence-electron chi connectivity index (χ1n) is 10.5. The molecule has 5 N–H and O–H groups in total. The van der Waals surface area contributed by atoms with E-state index in [0.717, 1.165) is 5.56 Å². The molecule has 1 aromatic carbocycles. The summed E-state index contributed by atoms with van der Waals surface area (Å²) >= 11 is 5.99. The van der Waals surface area contributed by atoms with E-state index in [1.807, 2.05) is 12.1 Å². The van der Waals surface area contributed by atoms with E-state index in [4.69, 9.17) is 11.6 Å². The fraction of sp³-hybridized carbons (Fsp3) is 0.524. The number of piperidine rings is 1. The fourth-order valence-electron chi connectivity index (χ4n) is 4.05. The molecule has 0 radical (unpaired) electrons. The van der Waals surface area contributed by atoms with Crippen molar-refractivity contribution in [3.63, 3.8) is 0 Å². The Hall–Kier alpha value is -2.85. The van der Waals surface area contributed by atoms with Crippen LogP contribution in [0.4, 0.5) is 4.79 Å². The third-order valence-corrected chi connectivity index (χ3v) is 5.98. The van der Waals surface area contributed by atoms with E-state index in [9.17, 15) is 24.3 Å². The predicted molar refractivity (Wildman–Crippen MR) is 117 cm³/mol. The number of aliphatic hydroxyl groups is 1. The van der Waals surface area contributed by atoms with Gasteiger partial charge in [-0.25, -0.2) is 4.79 Å². The summed E-state index contributed by atoms with van der Waals surface area (Å²) in [5.41, 5.74) is 0.107. The molecule has 3 rings (SSSR count). The van der Waals surface area contributed by atoms with Crippen LogP contribution >= 0.6 is 11.6 Å². The maximum atomic E-state index is 13.1. The summed E-state index contributed by atoms with van der Waals surface area (Å²) in [5, 5.41) is 20.7. The minimum absolute atomic E-state index is 0.228. The van der Waals surface area contributed by atoms with Gasteiger partial charge in [-0.2, -0.15) is 0 Å². The summed E-state index contributed by atoms with van der Waals surface area (Å²) < 4.78 is 0. The number of nitrogens with one attached hydrogen (secondary N) is 4. The van der Waals surface area contributed by atoms with E-state index < -0.39 is 42.1 Å². The highest BCUT2D eigenvalue weighted by Crippen LogP contribution is 2.27. The van der Waals surface area contributed by atoms with Crippen LogP contribution in [0, 0.1) is 0 Å². The molecule has 2 aliphatic heterocycles. The van der Waals surface area contributed by atoms with Gasteiger partial charge in [0.15, 0.2) is 0 Å². The van der Waals surface area contributed by atoms with Gasteiger partial charge in [0.25, 0.3) is 0 Å². The van der Waals surface area contributed by atoms with Gasteiger partial charge >= 0.3 is 6.03 Å². The summed E-state index contributed by atoms with van der Waals surface area (Å²) in [7, 11) is 0. The predicted octanol–water partition coefficient (Wildman–Crippen LogP) is -0.462. The number of rotatable bonds is 3. The molecule has 0 spiro atoms. The molecule has 32 heavy (non-hydrogen) atoms. The summed E-state index contributed by atoms with van der Waals surface area (Å²) in [6.45, 7) is 1.32. The number of amides is 5. The molecule has 5 amide bonds. The first-order valence-corrected chi connectivity index (χ1v) is 10.9. The normalized spacial score (nSPS) is 27.5. The molecular formula is C21H28ClN5O5. The van der Waals surface area contributed by atoms with Crippen molar-refractivity contribution in [3.05, 3.63) is 34.9 Å². The van der Waals surface area contributed by atoms with E-state index in [1.165, 1.54) is 6.92 Å². The van der Waals surface area contributed by atoms with Gasteiger partial charge in [-0.3, -0.25) is 14.4 Å². The zero-order valence-electron chi connectivity index (χ0n) is 17.8. The first-order chi connectivity index (χ1) is 15.2. The van der Waals surface area contributed by atoms with Gasteiger partial charge in [-0.1, -0.05) is 23.7 Å². The number of fused-ring (bicyclic) bond motifs is 2. The minimum Gasteiger partial charge on any atom is -0.394 e. The number of carbonyl (C=O) groups excluding carboxylic acids is 4. The Morgan fingerprint density at radius 3 is 2.53 bits per heavy atom. The number of carbonyl (C=O) groups is 4. The molecule has 2 heterocycles. The molecular weight excluding hydrogens is 438 g/mol. The van der Waals surface area contributed by atoms with Crippen LogP contribution in [0.1, 0.15) is 25.3 Å². The second-order valence-corrected chi connectivity index (χ2v) is 8.72. The van der Waals surface area contributed by atoms with Gasteiger partial charge in [-0.15, -0.1) is 0 Å². The van der Waals surface area contributed by atoms with Crippen LogP contribution in [0.15, 0.2) is 24.3 Å². The van der Waals surface area contributed by atoms with Crippen LogP contribution < -0.4 is 21.3 Å². The Kier molecular flexibility index (Phi) is 7.57. The molecule has 2 saturated heterocycles. The molecule has 0 aromatic heterocycles. The summed E-state index contributed by atoms with van der Waals surface area (Å²) in [4.78, 5) is 51.9. The Labute approximate surface area is 191 Å². The van der Waals surface area contributed by atoms with Crippen molar-refractivity contribution in [1.82, 2.24) is 26.2 Å². The number of aliphatic hydroxyl groups excluding tert-OH is 1. The lowest BCUT2D eigenvalue weighted by molar-refractivity contribution is -0.136. The van der Waals surface area contributed by atoms with Crippen LogP contribution in [-0.4, -0.2) is 77.6 Å². The van der Waals surface area contributed by atoms with Crippen molar-refractivity contribution in [1.29, 1.82) is 0 Å². The van der Waals surface area contributed by atoms with Gasteiger partial charge in [0.05, 0.1) is 18.7 Å². The summed E-state index contributed by atoms with van der Waals surface area (Å²) in [6, 6.07) is 4.37. The van der Waals surface area contributed by atoms with E-state index in [0.29, 0.717) is 30.8 Å². The van der Waals surface area contributed by atoms with Crippen molar-refractivity contribution >= 4 is 35.4 Å². The monoisotopic (exact) mass is 465 g/mol. The van der Waals surface area contributed by atoms with Crippen LogP contribution in [0.3, 0.4) is 0 Å². The highest BCUT2D eigenvalue weighted by molar-refractivity contribution is 6.30. The standard InChI is InChI=1S/C21H28ClN5O5/c1-13-18(30)25-16(11-28)19(31)26-21(9-14-3-5-15(22)6-4-14)7-2-8-27(12-21)17(29)10-23-20(32)24-13/h3-6,13,16,28H,2,7-12H2,1H3,(H,25,30)(H,26,31)(H2,23,24,32). The second-order valence-electron chi connectivity index (χ2n) is 8.28. The van der Waals surface area contributed by atoms with Crippen molar-refractivity contribution < 1.29 is 24.3 Å². The number of benzene rings is 1. The largest absolute Gasteiger partial charge is 0.394 e. The van der Waals surface area contributed by atoms with Gasteiger partial charge in [0, 0.05) is 18.1 Å². The lowest BCUT2D eigenvalue weighted by Crippen LogP contribution is -2.65. The maximum absolute atomic E-state index is 13.1. The zero-order chi connectivity index (χ0) is 23.3. The smallest absolute Gasteiger partial charge is 0.315 e. The van der Waals surface area contributed by atoms with Crippen molar-refractivity contribution in [3.8, 4) is 0 Å². The van der Waals surface area contributed by atoms with Gasteiger partial charge in [0.1, 0.15) is 12.1 Å². The van der Waals surface area contributed by atoms with Gasteiger partial charge in [0.2, 0.25) is 17.7 Å². The average molecular weight is 466 g/mol. The SMILES string of the molecule is CC1NC(=O)NCC(=O)N2CCCC(Cc3ccc(Cl)cc3)(C2)NC(=O)C(CO)NC1=O. The number of halogens is 1. The molecule has 3 atom stereocenters. The Morgan fingerprint density at radius 1 is 1.12 bits per heavy atom. The van der Waals surface area contributed by atoms with Crippen molar-refractivity contribution in [2.75, 3.05) is 26.2 Å². The average Bonchev–Trinajstić information content (AvgIpc) is 2.76. The topological polar surface area (TPSA) is 140 Å². The quantitative estimate of drug-likeness (QED) is 0.411. The van der Waals surface area contributed by atoms with E-state index in [-0.39, 0.29) is 19.0 Å². The van der Waals surface area contributed by atoms with Crippen LogP contribution in [0.2, 0.25) is 5.02 Å². The minimum atomic E-state index is -1.20. The van der Waals surface area contributed by atoms with Crippen LogP contribution in [0.5, 0.6) is 0 Å². The highest BCUT2D eigenvalue weighted by Gasteiger charge is 2.40. The molecule has 0 aliphatic carbocycles. The molecule has 174 valence electrons. The Morgan fingerprint density at radius 2 is 1.84 bits per heavy atom. The molecule has 2 fully saturated rings. The van der Waals surface area contributed by atoms with E-state index >= 15 is 0 Å². The van der Waals surface area contributed by atoms with Crippen molar-refractivity contribution in [2.45, 2.75) is 43.8 Å². The molecule has 10 nitrogen and oxygen atoms in total. The summed E-state index contributed by atoms with van der Waals surface area (Å²) in [6.07, 6.45) is 1.66. The Balaban J connectivity index is 1.92. The second kappa shape index (κ2) is 10.2. The van der Waals surface area contributed by atoms with E-state index in [2.05, 4.69) is 21.3 Å². The third-order valence-electron chi connectivity index (χ3n) is 5.73. The number of urea groups is 1. The lowest BCUT2D eigenvalue weighted by Gasteiger charge is -2.44. The molecule has 1 aromatic rings. The number of nitrogens with zero attached hydrogens (tertiary/aromatic N) is 1. The number of hydrogen-bond acceptors (Lipinski definition) is 5. The van der Waals surface area contributed by atoms with Gasteiger partial charge in [-0.05, 0) is 43.9 Å². The fourth-order valence-corrected chi connectivity index (χ4v) is 4.17. The van der Waals surface area contributed by atoms with Crippen molar-refractivity contribution in [2.24, 2.45) is 0 Å². The molecule has 2 bridgehead atoms. The van der Waals surface area contributed by atoms with Gasteiger partial charge < -0.3 is 31.3 Å². The third kappa shape index (κ3) is 5.89. The van der Waals surface area contributed by atoms with Crippen LogP contribution in [-0.2, 0) is 20.8 Å². The zero-order valence-corrected chi connectivity index (χ0v) is 18.6. The lowest BCUT2D eigenvalue weighted by atomic mass is 9.82. The van der Waals surface area contributed by atoms with Crippen LogP contribution in [0.25, 0.3) is 0 Å². The number of hydrogen-bond donors (Lipinski definition) is 5. The molecule has 0 saturated carbocycles. The summed E-state index contributed by atoms with van der Waals surface area (Å²) in [5.74, 6) is -1.48.